The van der Waals surface area contributed by atoms with E-state index in [0.29, 0.717) is 12.2 Å². The molecule has 0 bridgehead atoms. The lowest BCUT2D eigenvalue weighted by Gasteiger charge is -2.09. The fraction of sp³-hybridized carbons (Fsp3) is 0.400. The third-order valence-electron chi connectivity index (χ3n) is 1.95. The Bertz CT molecular complexity index is 460. The molecule has 0 aliphatic carbocycles. The van der Waals surface area contributed by atoms with Crippen LogP contribution in [-0.4, -0.2) is 15.0 Å². The summed E-state index contributed by atoms with van der Waals surface area (Å²) in [7, 11) is -3.44. The highest BCUT2D eigenvalue weighted by Crippen LogP contribution is 2.20. The van der Waals surface area contributed by atoms with Gasteiger partial charge in [-0.1, -0.05) is 22.9 Å². The molecule has 0 saturated heterocycles. The van der Waals surface area contributed by atoms with Crippen LogP contribution in [0.3, 0.4) is 0 Å². The van der Waals surface area contributed by atoms with E-state index in [1.165, 1.54) is 0 Å². The van der Waals surface area contributed by atoms with Crippen molar-refractivity contribution in [2.45, 2.75) is 20.3 Å². The van der Waals surface area contributed by atoms with Crippen molar-refractivity contribution in [3.8, 4) is 0 Å². The van der Waals surface area contributed by atoms with Gasteiger partial charge in [-0.2, -0.15) is 13.1 Å². The summed E-state index contributed by atoms with van der Waals surface area (Å²) in [6.07, 6.45) is 0.764. The van der Waals surface area contributed by atoms with Gasteiger partial charge in [-0.25, -0.2) is 0 Å². The average molecular weight is 307 g/mol. The molecule has 4 nitrogen and oxygen atoms in total. The summed E-state index contributed by atoms with van der Waals surface area (Å²) >= 11 is 3.36. The van der Waals surface area contributed by atoms with Gasteiger partial charge in [0.2, 0.25) is 0 Å². The lowest BCUT2D eigenvalue weighted by Crippen LogP contribution is -2.30. The van der Waals surface area contributed by atoms with E-state index >= 15 is 0 Å². The molecule has 0 saturated carbocycles. The van der Waals surface area contributed by atoms with Gasteiger partial charge in [0, 0.05) is 11.0 Å². The standard InChI is InChI=1S/C10H15BrN2O2S/c1-3-6-12-16(14,15)13-9-4-5-10(11)8(2)7-9/h4-5,7,12-13H,3,6H2,1-2H3. The van der Waals surface area contributed by atoms with Gasteiger partial charge >= 0.3 is 0 Å². The third kappa shape index (κ3) is 4.11. The maximum Gasteiger partial charge on any atom is 0.299 e. The molecule has 1 rings (SSSR count). The van der Waals surface area contributed by atoms with Crippen molar-refractivity contribution in [1.82, 2.24) is 4.72 Å². The first-order valence-corrected chi connectivity index (χ1v) is 7.26. The van der Waals surface area contributed by atoms with Gasteiger partial charge in [0.15, 0.2) is 0 Å². The molecule has 1 aromatic rings. The summed E-state index contributed by atoms with van der Waals surface area (Å²) in [5, 5.41) is 0. The predicted octanol–water partition coefficient (Wildman–Crippen LogP) is 2.41. The largest absolute Gasteiger partial charge is 0.299 e. The number of rotatable bonds is 5. The van der Waals surface area contributed by atoms with Crippen LogP contribution in [0.1, 0.15) is 18.9 Å². The van der Waals surface area contributed by atoms with Crippen molar-refractivity contribution in [2.24, 2.45) is 0 Å². The van der Waals surface area contributed by atoms with E-state index in [1.54, 1.807) is 12.1 Å². The van der Waals surface area contributed by atoms with Crippen molar-refractivity contribution in [1.29, 1.82) is 0 Å². The van der Waals surface area contributed by atoms with E-state index in [1.807, 2.05) is 19.9 Å². The lowest BCUT2D eigenvalue weighted by molar-refractivity contribution is 0.586. The molecule has 90 valence electrons. The average Bonchev–Trinajstić information content (AvgIpc) is 2.20. The number of aryl methyl sites for hydroxylation is 1. The molecule has 0 heterocycles. The molecule has 2 N–H and O–H groups in total. The molecule has 0 fully saturated rings. The molecule has 0 aliphatic rings. The highest BCUT2D eigenvalue weighted by molar-refractivity contribution is 9.10. The Morgan fingerprint density at radius 3 is 2.62 bits per heavy atom. The Morgan fingerprint density at radius 2 is 2.06 bits per heavy atom. The first kappa shape index (κ1) is 13.5. The monoisotopic (exact) mass is 306 g/mol. The fourth-order valence-electron chi connectivity index (χ4n) is 1.14. The highest BCUT2D eigenvalue weighted by Gasteiger charge is 2.08. The van der Waals surface area contributed by atoms with E-state index in [9.17, 15) is 8.42 Å². The van der Waals surface area contributed by atoms with Gasteiger partial charge in [0.1, 0.15) is 0 Å². The van der Waals surface area contributed by atoms with Gasteiger partial charge in [0.25, 0.3) is 10.2 Å². The summed E-state index contributed by atoms with van der Waals surface area (Å²) in [4.78, 5) is 0. The van der Waals surface area contributed by atoms with Crippen LogP contribution in [0.5, 0.6) is 0 Å². The molecule has 0 spiro atoms. The summed E-state index contributed by atoms with van der Waals surface area (Å²) in [5.41, 5.74) is 1.54. The van der Waals surface area contributed by atoms with Crippen LogP contribution in [0, 0.1) is 6.92 Å². The van der Waals surface area contributed by atoms with E-state index in [4.69, 9.17) is 0 Å². The predicted molar refractivity (Wildman–Crippen MR) is 69.7 cm³/mol. The quantitative estimate of drug-likeness (QED) is 0.877. The van der Waals surface area contributed by atoms with Crippen LogP contribution in [0.4, 0.5) is 5.69 Å². The van der Waals surface area contributed by atoms with E-state index in [-0.39, 0.29) is 0 Å². The molecular weight excluding hydrogens is 292 g/mol. The van der Waals surface area contributed by atoms with Gasteiger partial charge in [-0.05, 0) is 37.1 Å². The molecule has 0 aliphatic heterocycles. The molecule has 16 heavy (non-hydrogen) atoms. The molecule has 0 amide bonds. The molecule has 0 radical (unpaired) electrons. The smallest absolute Gasteiger partial charge is 0.271 e. The maximum atomic E-state index is 11.5. The first-order chi connectivity index (χ1) is 7.44. The Kier molecular flexibility index (Phi) is 4.76. The van der Waals surface area contributed by atoms with Crippen molar-refractivity contribution in [3.05, 3.63) is 28.2 Å². The molecule has 0 unspecified atom stereocenters. The third-order valence-corrected chi connectivity index (χ3v) is 3.93. The van der Waals surface area contributed by atoms with Crippen molar-refractivity contribution in [2.75, 3.05) is 11.3 Å². The Labute approximate surface area is 105 Å². The molecule has 1 aromatic carbocycles. The van der Waals surface area contributed by atoms with Crippen molar-refractivity contribution in [3.63, 3.8) is 0 Å². The van der Waals surface area contributed by atoms with Crippen LogP contribution in [0.2, 0.25) is 0 Å². The molecule has 0 aromatic heterocycles. The van der Waals surface area contributed by atoms with E-state index in [2.05, 4.69) is 25.4 Å². The number of nitrogens with one attached hydrogen (secondary N) is 2. The van der Waals surface area contributed by atoms with Gasteiger partial charge in [0.05, 0.1) is 5.69 Å². The molecule has 6 heteroatoms. The van der Waals surface area contributed by atoms with E-state index in [0.717, 1.165) is 16.5 Å². The second-order valence-electron chi connectivity index (χ2n) is 3.46. The number of halogens is 1. The topological polar surface area (TPSA) is 58.2 Å². The lowest BCUT2D eigenvalue weighted by atomic mass is 10.2. The summed E-state index contributed by atoms with van der Waals surface area (Å²) < 4.78 is 28.9. The van der Waals surface area contributed by atoms with Crippen LogP contribution in [-0.2, 0) is 10.2 Å². The molecular formula is C10H15BrN2O2S. The second kappa shape index (κ2) is 5.65. The second-order valence-corrected chi connectivity index (χ2v) is 5.82. The van der Waals surface area contributed by atoms with Crippen LogP contribution in [0.15, 0.2) is 22.7 Å². The molecule has 0 atom stereocenters. The zero-order valence-corrected chi connectivity index (χ0v) is 11.7. The zero-order valence-electron chi connectivity index (χ0n) is 9.25. The number of hydrogen-bond donors (Lipinski definition) is 2. The number of anilines is 1. The normalized spacial score (nSPS) is 11.4. The first-order valence-electron chi connectivity index (χ1n) is 4.98. The van der Waals surface area contributed by atoms with Gasteiger partial charge in [-0.3, -0.25) is 4.72 Å². The van der Waals surface area contributed by atoms with Crippen LogP contribution >= 0.6 is 15.9 Å². The highest BCUT2D eigenvalue weighted by atomic mass is 79.9. The fourth-order valence-corrected chi connectivity index (χ4v) is 2.36. The van der Waals surface area contributed by atoms with Crippen molar-refractivity contribution >= 4 is 31.8 Å². The summed E-state index contributed by atoms with van der Waals surface area (Å²) in [6, 6.07) is 5.30. The summed E-state index contributed by atoms with van der Waals surface area (Å²) in [5.74, 6) is 0. The minimum atomic E-state index is -3.44. The van der Waals surface area contributed by atoms with Gasteiger partial charge in [-0.15, -0.1) is 0 Å². The Morgan fingerprint density at radius 1 is 1.38 bits per heavy atom. The number of hydrogen-bond acceptors (Lipinski definition) is 2. The maximum absolute atomic E-state index is 11.5. The zero-order chi connectivity index (χ0) is 12.2. The van der Waals surface area contributed by atoms with E-state index < -0.39 is 10.2 Å². The Balaban J connectivity index is 2.76. The Hall–Kier alpha value is -0.590. The SMILES string of the molecule is CCCNS(=O)(=O)Nc1ccc(Br)c(C)c1. The number of benzene rings is 1. The van der Waals surface area contributed by atoms with Crippen LogP contribution < -0.4 is 9.44 Å². The minimum absolute atomic E-state index is 0.435. The minimum Gasteiger partial charge on any atom is -0.271 e. The van der Waals surface area contributed by atoms with Crippen molar-refractivity contribution < 1.29 is 8.42 Å². The van der Waals surface area contributed by atoms with Gasteiger partial charge < -0.3 is 0 Å². The summed E-state index contributed by atoms with van der Waals surface area (Å²) in [6.45, 7) is 4.25. The van der Waals surface area contributed by atoms with Crippen LogP contribution in [0.25, 0.3) is 0 Å².